The second-order valence-electron chi connectivity index (χ2n) is 9.38. The molecule has 2 aromatic heterocycles. The van der Waals surface area contributed by atoms with Crippen molar-refractivity contribution < 1.29 is 13.9 Å². The van der Waals surface area contributed by atoms with Crippen molar-refractivity contribution in [2.75, 3.05) is 26.2 Å². The van der Waals surface area contributed by atoms with Crippen molar-refractivity contribution in [1.82, 2.24) is 14.5 Å². The van der Waals surface area contributed by atoms with Crippen LogP contribution in [0.4, 0.5) is 4.39 Å². The Morgan fingerprint density at radius 2 is 1.91 bits per heavy atom. The highest BCUT2D eigenvalue weighted by atomic mass is 19.1. The Labute approximate surface area is 192 Å². The molecule has 4 aromatic rings. The van der Waals surface area contributed by atoms with Crippen LogP contribution in [0, 0.1) is 18.7 Å². The van der Waals surface area contributed by atoms with Gasteiger partial charge in [0.2, 0.25) is 0 Å². The number of pyridine rings is 1. The summed E-state index contributed by atoms with van der Waals surface area (Å²) in [6.45, 7) is 6.45. The molecule has 1 saturated heterocycles. The summed E-state index contributed by atoms with van der Waals surface area (Å²) in [4.78, 5) is 7.10. The van der Waals surface area contributed by atoms with Gasteiger partial charge >= 0.3 is 0 Å². The monoisotopic (exact) mass is 445 g/mol. The summed E-state index contributed by atoms with van der Waals surface area (Å²) >= 11 is 0. The van der Waals surface area contributed by atoms with Crippen molar-refractivity contribution in [1.29, 1.82) is 0 Å². The lowest BCUT2D eigenvalue weighted by Crippen LogP contribution is -2.44. The number of hydrogen-bond donors (Lipinski definition) is 0. The number of aryl methyl sites for hydroxylation is 1. The van der Waals surface area contributed by atoms with E-state index in [9.17, 15) is 4.39 Å². The Morgan fingerprint density at radius 1 is 1.03 bits per heavy atom. The minimum absolute atomic E-state index is 0.0114. The van der Waals surface area contributed by atoms with Crippen LogP contribution in [0.2, 0.25) is 0 Å². The molecule has 0 amide bonds. The molecule has 0 spiro atoms. The van der Waals surface area contributed by atoms with Gasteiger partial charge in [-0.3, -0.25) is 9.88 Å². The van der Waals surface area contributed by atoms with E-state index >= 15 is 0 Å². The van der Waals surface area contributed by atoms with Crippen molar-refractivity contribution in [3.8, 4) is 11.5 Å². The van der Waals surface area contributed by atoms with Gasteiger partial charge in [0.05, 0.1) is 11.0 Å². The second kappa shape index (κ2) is 8.34. The van der Waals surface area contributed by atoms with E-state index in [1.54, 1.807) is 6.07 Å². The number of benzene rings is 2. The first-order chi connectivity index (χ1) is 16.1. The normalized spacial score (nSPS) is 19.4. The van der Waals surface area contributed by atoms with Crippen molar-refractivity contribution >= 4 is 21.8 Å². The van der Waals surface area contributed by atoms with E-state index in [-0.39, 0.29) is 11.9 Å². The third-order valence-corrected chi connectivity index (χ3v) is 6.99. The molecule has 2 aliphatic rings. The summed E-state index contributed by atoms with van der Waals surface area (Å²) in [5, 5.41) is 2.11. The highest BCUT2D eigenvalue weighted by Crippen LogP contribution is 2.38. The predicted octanol–water partition coefficient (Wildman–Crippen LogP) is 5.19. The second-order valence-corrected chi connectivity index (χ2v) is 9.38. The smallest absolute Gasteiger partial charge is 0.171 e. The molecule has 170 valence electrons. The van der Waals surface area contributed by atoms with E-state index in [4.69, 9.17) is 9.47 Å². The highest BCUT2D eigenvalue weighted by molar-refractivity contribution is 5.88. The van der Waals surface area contributed by atoms with Crippen LogP contribution in [0.15, 0.2) is 54.7 Å². The molecule has 4 heterocycles. The largest absolute Gasteiger partial charge is 0.486 e. The van der Waals surface area contributed by atoms with Gasteiger partial charge in [-0.2, -0.15) is 0 Å². The van der Waals surface area contributed by atoms with Crippen molar-refractivity contribution in [2.24, 2.45) is 5.92 Å². The molecule has 6 heteroatoms. The molecule has 0 aliphatic carbocycles. The van der Waals surface area contributed by atoms with E-state index < -0.39 is 0 Å². The Morgan fingerprint density at radius 3 is 2.79 bits per heavy atom. The van der Waals surface area contributed by atoms with Gasteiger partial charge in [-0.1, -0.05) is 0 Å². The molecule has 0 radical (unpaired) electrons. The van der Waals surface area contributed by atoms with Gasteiger partial charge in [0.1, 0.15) is 18.5 Å². The zero-order valence-corrected chi connectivity index (χ0v) is 18.8. The number of hydrogen-bond acceptors (Lipinski definition) is 4. The van der Waals surface area contributed by atoms with Crippen LogP contribution in [0.25, 0.3) is 21.8 Å². The fourth-order valence-electron chi connectivity index (χ4n) is 5.20. The third-order valence-electron chi connectivity index (χ3n) is 6.99. The number of fused-ring (bicyclic) bond motifs is 4. The van der Waals surface area contributed by atoms with Gasteiger partial charge in [0.25, 0.3) is 0 Å². The lowest BCUT2D eigenvalue weighted by Gasteiger charge is -2.36. The summed E-state index contributed by atoms with van der Waals surface area (Å²) in [7, 11) is 0. The summed E-state index contributed by atoms with van der Waals surface area (Å²) in [5.74, 6) is 2.05. The van der Waals surface area contributed by atoms with E-state index in [1.165, 1.54) is 6.07 Å². The fraction of sp³-hybridized carbons (Fsp3) is 0.370. The first-order valence-corrected chi connectivity index (χ1v) is 11.8. The van der Waals surface area contributed by atoms with Crippen LogP contribution in [-0.4, -0.2) is 46.8 Å². The quantitative estimate of drug-likeness (QED) is 0.434. The van der Waals surface area contributed by atoms with Crippen LogP contribution in [0.3, 0.4) is 0 Å². The van der Waals surface area contributed by atoms with E-state index in [0.29, 0.717) is 12.5 Å². The number of piperidine rings is 1. The van der Waals surface area contributed by atoms with Gasteiger partial charge < -0.3 is 14.0 Å². The Bertz CT molecular complexity index is 1310. The maximum absolute atomic E-state index is 13.7. The number of ether oxygens (including phenoxy) is 2. The zero-order chi connectivity index (χ0) is 22.4. The minimum atomic E-state index is -0.174. The molecule has 0 bridgehead atoms. The lowest BCUT2D eigenvalue weighted by atomic mass is 9.96. The number of nitrogens with zero attached hydrogens (tertiary/aromatic N) is 3. The fourth-order valence-corrected chi connectivity index (χ4v) is 5.20. The van der Waals surface area contributed by atoms with Crippen molar-refractivity contribution in [2.45, 2.75) is 32.4 Å². The molecule has 0 saturated carbocycles. The molecule has 1 unspecified atom stereocenters. The predicted molar refractivity (Wildman–Crippen MR) is 127 cm³/mol. The summed E-state index contributed by atoms with van der Waals surface area (Å²) in [5.41, 5.74) is 2.92. The maximum Gasteiger partial charge on any atom is 0.171 e. The van der Waals surface area contributed by atoms with Crippen LogP contribution in [-0.2, 0) is 6.54 Å². The molecule has 5 nitrogen and oxygen atoms in total. The molecule has 0 N–H and O–H groups in total. The minimum Gasteiger partial charge on any atom is -0.486 e. The maximum atomic E-state index is 13.7. The van der Waals surface area contributed by atoms with Crippen molar-refractivity contribution in [3.63, 3.8) is 0 Å². The van der Waals surface area contributed by atoms with Crippen LogP contribution < -0.4 is 9.47 Å². The Kier molecular flexibility index (Phi) is 5.18. The van der Waals surface area contributed by atoms with Crippen LogP contribution in [0.5, 0.6) is 11.5 Å². The molecular formula is C27H28FN3O2. The summed E-state index contributed by atoms with van der Waals surface area (Å²) in [6, 6.07) is 15.1. The van der Waals surface area contributed by atoms with Crippen molar-refractivity contribution in [3.05, 3.63) is 66.2 Å². The lowest BCUT2D eigenvalue weighted by molar-refractivity contribution is 0.0481. The first kappa shape index (κ1) is 20.5. The SMILES string of the molecule is Cc1ccc2c3c(ccc2n1)OCC(CN1CCC(Cn2ccc4ccc(F)cc42)CC1)O3. The highest BCUT2D eigenvalue weighted by Gasteiger charge is 2.27. The molecule has 2 aromatic carbocycles. The number of likely N-dealkylation sites (tertiary alicyclic amines) is 1. The summed E-state index contributed by atoms with van der Waals surface area (Å²) < 4.78 is 28.4. The zero-order valence-electron chi connectivity index (χ0n) is 18.8. The van der Waals surface area contributed by atoms with Gasteiger partial charge in [-0.25, -0.2) is 4.39 Å². The number of aromatic nitrogens is 2. The summed E-state index contributed by atoms with van der Waals surface area (Å²) in [6.07, 6.45) is 4.36. The number of halogens is 1. The molecule has 33 heavy (non-hydrogen) atoms. The topological polar surface area (TPSA) is 39.5 Å². The molecule has 1 atom stereocenters. The first-order valence-electron chi connectivity index (χ1n) is 11.8. The van der Waals surface area contributed by atoms with E-state index in [1.807, 2.05) is 31.2 Å². The third kappa shape index (κ3) is 4.04. The Hall–Kier alpha value is -3.12. The van der Waals surface area contributed by atoms with E-state index in [2.05, 4.69) is 32.8 Å². The average Bonchev–Trinajstić information content (AvgIpc) is 3.21. The van der Waals surface area contributed by atoms with Gasteiger partial charge in [-0.05, 0) is 92.7 Å². The standard InChI is InChI=1S/C27H28FN3O2/c1-18-2-5-23-24(29-18)6-7-26-27(23)33-22(17-32-26)16-30-11-8-19(9-12-30)15-31-13-10-20-3-4-21(28)14-25(20)31/h2-7,10,13-14,19,22H,8-9,11-12,15-17H2,1H3. The van der Waals surface area contributed by atoms with Crippen LogP contribution in [0.1, 0.15) is 18.5 Å². The van der Waals surface area contributed by atoms with Gasteiger partial charge in [-0.15, -0.1) is 0 Å². The molecular weight excluding hydrogens is 417 g/mol. The van der Waals surface area contributed by atoms with E-state index in [0.717, 1.165) is 78.0 Å². The van der Waals surface area contributed by atoms with Gasteiger partial charge in [0, 0.05) is 30.4 Å². The van der Waals surface area contributed by atoms with Gasteiger partial charge in [0.15, 0.2) is 11.5 Å². The Balaban J connectivity index is 1.08. The molecule has 2 aliphatic heterocycles. The molecule has 6 rings (SSSR count). The van der Waals surface area contributed by atoms with Crippen LogP contribution >= 0.6 is 0 Å². The molecule has 1 fully saturated rings. The number of rotatable bonds is 4. The average molecular weight is 446 g/mol.